The minimum Gasteiger partial charge on any atom is -0.377 e. The number of ether oxygens (including phenoxy) is 1. The highest BCUT2D eigenvalue weighted by molar-refractivity contribution is 4.63. The monoisotopic (exact) mass is 143 g/mol. The van der Waals surface area contributed by atoms with Gasteiger partial charge in [0.25, 0.3) is 0 Å². The van der Waals surface area contributed by atoms with E-state index in [1.807, 2.05) is 0 Å². The molecule has 1 N–H and O–H groups in total. The Kier molecular flexibility index (Phi) is 8.37. The summed E-state index contributed by atoms with van der Waals surface area (Å²) in [6, 6.07) is 0. The van der Waals surface area contributed by atoms with Crippen LogP contribution in [0.2, 0.25) is 0 Å². The van der Waals surface area contributed by atoms with E-state index in [2.05, 4.69) is 18.8 Å². The van der Waals surface area contributed by atoms with Gasteiger partial charge < -0.3 is 10.1 Å². The number of nitrogens with one attached hydrogen (secondary N) is 1. The maximum absolute atomic E-state index is 5.17. The van der Waals surface area contributed by atoms with Crippen molar-refractivity contribution in [3.8, 4) is 0 Å². The summed E-state index contributed by atoms with van der Waals surface area (Å²) in [5, 5.41) is 3.22. The number of hydrogen-bond acceptors (Lipinski definition) is 2. The molecule has 0 aliphatic heterocycles. The Morgan fingerprint density at radius 1 is 1.60 bits per heavy atom. The predicted molar refractivity (Wildman–Crippen MR) is 44.2 cm³/mol. The molecule has 0 fully saturated rings. The highest BCUT2D eigenvalue weighted by atomic mass is 16.5. The van der Waals surface area contributed by atoms with Gasteiger partial charge in [-0.05, 0) is 19.5 Å². The molecule has 0 amide bonds. The molecule has 0 aromatic heterocycles. The molecular weight excluding hydrogens is 126 g/mol. The first-order valence-electron chi connectivity index (χ1n) is 3.81. The minimum absolute atomic E-state index is 0.673. The summed E-state index contributed by atoms with van der Waals surface area (Å²) in [5.41, 5.74) is 0. The second-order valence-electron chi connectivity index (χ2n) is 2.07. The molecule has 0 atom stereocenters. The highest BCUT2D eigenvalue weighted by Gasteiger charge is 1.84. The zero-order valence-electron chi connectivity index (χ0n) is 6.73. The van der Waals surface area contributed by atoms with E-state index in [1.165, 1.54) is 0 Å². The van der Waals surface area contributed by atoms with Gasteiger partial charge in [0, 0.05) is 6.61 Å². The molecule has 0 aliphatic carbocycles. The van der Waals surface area contributed by atoms with Gasteiger partial charge in [0.1, 0.15) is 0 Å². The van der Waals surface area contributed by atoms with Crippen LogP contribution in [-0.2, 0) is 4.74 Å². The van der Waals surface area contributed by atoms with Gasteiger partial charge >= 0.3 is 0 Å². The van der Waals surface area contributed by atoms with Crippen molar-refractivity contribution in [2.24, 2.45) is 0 Å². The maximum Gasteiger partial charge on any atom is 0.0644 e. The summed E-state index contributed by atoms with van der Waals surface area (Å²) in [7, 11) is 0. The second-order valence-corrected chi connectivity index (χ2v) is 2.07. The molecule has 2 nitrogen and oxygen atoms in total. The molecule has 0 aromatic carbocycles. The van der Waals surface area contributed by atoms with Crippen LogP contribution in [0.15, 0.2) is 12.7 Å². The van der Waals surface area contributed by atoms with Crippen molar-refractivity contribution in [1.82, 2.24) is 5.32 Å². The van der Waals surface area contributed by atoms with E-state index < -0.39 is 0 Å². The molecule has 60 valence electrons. The zero-order valence-corrected chi connectivity index (χ0v) is 6.73. The van der Waals surface area contributed by atoms with Gasteiger partial charge in [0.2, 0.25) is 0 Å². The molecule has 0 bridgehead atoms. The summed E-state index contributed by atoms with van der Waals surface area (Å²) in [5.74, 6) is 0. The van der Waals surface area contributed by atoms with Gasteiger partial charge in [0.05, 0.1) is 6.61 Å². The highest BCUT2D eigenvalue weighted by Crippen LogP contribution is 1.80. The molecule has 0 rings (SSSR count). The second kappa shape index (κ2) is 8.66. The van der Waals surface area contributed by atoms with Gasteiger partial charge in [-0.25, -0.2) is 0 Å². The third-order valence-electron chi connectivity index (χ3n) is 1.13. The number of hydrogen-bond donors (Lipinski definition) is 1. The van der Waals surface area contributed by atoms with Gasteiger partial charge in [0.15, 0.2) is 0 Å². The molecule has 0 spiro atoms. The smallest absolute Gasteiger partial charge is 0.0644 e. The maximum atomic E-state index is 5.17. The molecule has 0 saturated carbocycles. The topological polar surface area (TPSA) is 21.3 Å². The summed E-state index contributed by atoms with van der Waals surface area (Å²) in [4.78, 5) is 0. The fourth-order valence-electron chi connectivity index (χ4n) is 0.643. The molecule has 0 unspecified atom stereocenters. The van der Waals surface area contributed by atoms with Crippen LogP contribution in [0.1, 0.15) is 13.3 Å². The summed E-state index contributed by atoms with van der Waals surface area (Å²) in [6.45, 7) is 9.25. The average Bonchev–Trinajstić information content (AvgIpc) is 1.97. The summed E-state index contributed by atoms with van der Waals surface area (Å²) in [6.07, 6.45) is 2.86. The Labute approximate surface area is 63.3 Å². The van der Waals surface area contributed by atoms with Crippen LogP contribution in [0.4, 0.5) is 0 Å². The lowest BCUT2D eigenvalue weighted by Crippen LogP contribution is -2.15. The SMILES string of the molecule is C=CCOCCCNCC. The third-order valence-corrected chi connectivity index (χ3v) is 1.13. The van der Waals surface area contributed by atoms with Crippen molar-refractivity contribution in [1.29, 1.82) is 0 Å². The molecule has 0 radical (unpaired) electrons. The molecule has 10 heavy (non-hydrogen) atoms. The fourth-order valence-corrected chi connectivity index (χ4v) is 0.643. The van der Waals surface area contributed by atoms with Crippen molar-refractivity contribution in [2.45, 2.75) is 13.3 Å². The Morgan fingerprint density at radius 3 is 3.00 bits per heavy atom. The van der Waals surface area contributed by atoms with Crippen molar-refractivity contribution >= 4 is 0 Å². The molecule has 2 heteroatoms. The fraction of sp³-hybridized carbons (Fsp3) is 0.750. The third kappa shape index (κ3) is 7.66. The standard InChI is InChI=1S/C8H17NO/c1-3-7-10-8-5-6-9-4-2/h3,9H,1,4-8H2,2H3. The van der Waals surface area contributed by atoms with E-state index in [4.69, 9.17) is 4.74 Å². The van der Waals surface area contributed by atoms with Crippen LogP contribution in [0, 0.1) is 0 Å². The van der Waals surface area contributed by atoms with Crippen LogP contribution >= 0.6 is 0 Å². The van der Waals surface area contributed by atoms with Crippen LogP contribution in [-0.4, -0.2) is 26.3 Å². The first-order chi connectivity index (χ1) is 4.91. The molecule has 0 aliphatic rings. The van der Waals surface area contributed by atoms with Gasteiger partial charge in [-0.1, -0.05) is 13.0 Å². The van der Waals surface area contributed by atoms with E-state index >= 15 is 0 Å². The van der Waals surface area contributed by atoms with Gasteiger partial charge in [-0.2, -0.15) is 0 Å². The summed E-state index contributed by atoms with van der Waals surface area (Å²) >= 11 is 0. The van der Waals surface area contributed by atoms with E-state index in [0.717, 1.165) is 26.1 Å². The first-order valence-corrected chi connectivity index (χ1v) is 3.81. The average molecular weight is 143 g/mol. The Morgan fingerprint density at radius 2 is 2.40 bits per heavy atom. The largest absolute Gasteiger partial charge is 0.377 e. The molecule has 0 saturated heterocycles. The lowest BCUT2D eigenvalue weighted by molar-refractivity contribution is 0.159. The van der Waals surface area contributed by atoms with Gasteiger partial charge in [-0.15, -0.1) is 6.58 Å². The van der Waals surface area contributed by atoms with Crippen LogP contribution in [0.25, 0.3) is 0 Å². The van der Waals surface area contributed by atoms with Crippen molar-refractivity contribution in [3.63, 3.8) is 0 Å². The lowest BCUT2D eigenvalue weighted by atomic mass is 10.4. The van der Waals surface area contributed by atoms with Crippen LogP contribution in [0.5, 0.6) is 0 Å². The normalized spacial score (nSPS) is 9.70. The Balaban J connectivity index is 2.70. The molecule has 0 heterocycles. The Hall–Kier alpha value is -0.340. The summed E-state index contributed by atoms with van der Waals surface area (Å²) < 4.78 is 5.17. The minimum atomic E-state index is 0.673. The number of rotatable bonds is 7. The van der Waals surface area contributed by atoms with Crippen molar-refractivity contribution in [2.75, 3.05) is 26.3 Å². The van der Waals surface area contributed by atoms with Gasteiger partial charge in [-0.3, -0.25) is 0 Å². The van der Waals surface area contributed by atoms with E-state index in [1.54, 1.807) is 6.08 Å². The molecule has 0 aromatic rings. The molecular formula is C8H17NO. The first kappa shape index (κ1) is 9.66. The quantitative estimate of drug-likeness (QED) is 0.427. The van der Waals surface area contributed by atoms with Crippen LogP contribution < -0.4 is 5.32 Å². The van der Waals surface area contributed by atoms with E-state index in [0.29, 0.717) is 6.61 Å². The van der Waals surface area contributed by atoms with E-state index in [-0.39, 0.29) is 0 Å². The zero-order chi connectivity index (χ0) is 7.66. The Bertz CT molecular complexity index is 73.7. The predicted octanol–water partition coefficient (Wildman–Crippen LogP) is 1.19. The lowest BCUT2D eigenvalue weighted by Gasteiger charge is -2.00. The van der Waals surface area contributed by atoms with Crippen molar-refractivity contribution in [3.05, 3.63) is 12.7 Å². The van der Waals surface area contributed by atoms with E-state index in [9.17, 15) is 0 Å². The van der Waals surface area contributed by atoms with Crippen LogP contribution in [0.3, 0.4) is 0 Å². The van der Waals surface area contributed by atoms with Crippen molar-refractivity contribution < 1.29 is 4.74 Å².